The smallest absolute Gasteiger partial charge is 0.0461 e. The SMILES string of the molecule is CCC(C)(C)C(c1ccc2ccc3c4c2c1CC=C4CC=C3)C1(C)C=Cc2[nH]c3c(c2C=C1)C=CC(C)(C(C)(C)CC)C=C3. The van der Waals surface area contributed by atoms with Crippen LogP contribution in [0.2, 0.25) is 0 Å². The van der Waals surface area contributed by atoms with Crippen molar-refractivity contribution in [1.29, 1.82) is 0 Å². The van der Waals surface area contributed by atoms with Crippen LogP contribution in [0.15, 0.2) is 60.7 Å². The first kappa shape index (κ1) is 29.1. The number of benzene rings is 2. The first-order valence-corrected chi connectivity index (χ1v) is 16.9. The molecule has 1 nitrogen and oxygen atoms in total. The number of allylic oxidation sites excluding steroid dienone is 7. The largest absolute Gasteiger partial charge is 0.355 e. The topological polar surface area (TPSA) is 15.8 Å². The highest BCUT2D eigenvalue weighted by atomic mass is 14.7. The fourth-order valence-corrected chi connectivity index (χ4v) is 8.49. The molecule has 1 heteroatoms. The third-order valence-electron chi connectivity index (χ3n) is 12.4. The Kier molecular flexibility index (Phi) is 6.60. The summed E-state index contributed by atoms with van der Waals surface area (Å²) < 4.78 is 0. The highest BCUT2D eigenvalue weighted by Gasteiger charge is 2.43. The van der Waals surface area contributed by atoms with E-state index in [2.05, 4.69) is 151 Å². The van der Waals surface area contributed by atoms with E-state index < -0.39 is 0 Å². The van der Waals surface area contributed by atoms with E-state index >= 15 is 0 Å². The Morgan fingerprint density at radius 2 is 1.43 bits per heavy atom. The van der Waals surface area contributed by atoms with Gasteiger partial charge in [-0.25, -0.2) is 0 Å². The molecule has 0 bridgehead atoms. The summed E-state index contributed by atoms with van der Waals surface area (Å²) in [5.74, 6) is 0.323. The molecular formula is C43H49N. The van der Waals surface area contributed by atoms with E-state index in [-0.39, 0.29) is 21.7 Å². The minimum atomic E-state index is -0.155. The summed E-state index contributed by atoms with van der Waals surface area (Å²) in [4.78, 5) is 3.81. The second-order valence-electron chi connectivity index (χ2n) is 15.6. The molecule has 3 unspecified atom stereocenters. The Labute approximate surface area is 265 Å². The maximum atomic E-state index is 3.81. The molecular weight excluding hydrogens is 530 g/mol. The first-order valence-electron chi connectivity index (χ1n) is 16.9. The van der Waals surface area contributed by atoms with Gasteiger partial charge >= 0.3 is 0 Å². The van der Waals surface area contributed by atoms with Gasteiger partial charge in [0.05, 0.1) is 0 Å². The van der Waals surface area contributed by atoms with Crippen LogP contribution in [0.25, 0.3) is 46.7 Å². The monoisotopic (exact) mass is 579 g/mol. The van der Waals surface area contributed by atoms with Gasteiger partial charge in [-0.15, -0.1) is 0 Å². The van der Waals surface area contributed by atoms with Crippen molar-refractivity contribution in [3.05, 3.63) is 105 Å². The molecule has 0 saturated carbocycles. The molecule has 0 spiro atoms. The normalized spacial score (nSPS) is 24.1. The number of rotatable bonds is 6. The van der Waals surface area contributed by atoms with Gasteiger partial charge in [-0.1, -0.05) is 141 Å². The quantitative estimate of drug-likeness (QED) is 0.299. The molecule has 4 aliphatic rings. The molecule has 0 amide bonds. The Balaban J connectivity index is 1.35. The molecule has 0 aliphatic heterocycles. The zero-order valence-corrected chi connectivity index (χ0v) is 28.1. The van der Waals surface area contributed by atoms with Gasteiger partial charge in [0, 0.05) is 39.3 Å². The van der Waals surface area contributed by atoms with Gasteiger partial charge < -0.3 is 4.98 Å². The molecule has 7 rings (SSSR count). The van der Waals surface area contributed by atoms with Crippen molar-refractivity contribution in [2.75, 3.05) is 0 Å². The highest BCUT2D eigenvalue weighted by molar-refractivity contribution is 6.03. The summed E-state index contributed by atoms with van der Waals surface area (Å²) >= 11 is 0. The number of fused-ring (bicyclic) bond motifs is 3. The third-order valence-corrected chi connectivity index (χ3v) is 12.4. The van der Waals surface area contributed by atoms with Crippen LogP contribution in [0.3, 0.4) is 0 Å². The van der Waals surface area contributed by atoms with Crippen LogP contribution in [0, 0.1) is 21.7 Å². The average molecular weight is 580 g/mol. The number of hydrogen-bond acceptors (Lipinski definition) is 0. The maximum absolute atomic E-state index is 3.81. The van der Waals surface area contributed by atoms with E-state index in [1.54, 1.807) is 0 Å². The van der Waals surface area contributed by atoms with Crippen LogP contribution < -0.4 is 0 Å². The predicted octanol–water partition coefficient (Wildman–Crippen LogP) is 12.3. The van der Waals surface area contributed by atoms with E-state index in [4.69, 9.17) is 0 Å². The minimum absolute atomic E-state index is 0.00427. The number of aromatic amines is 1. The lowest BCUT2D eigenvalue weighted by Crippen LogP contribution is -2.34. The second-order valence-corrected chi connectivity index (χ2v) is 15.6. The van der Waals surface area contributed by atoms with Gasteiger partial charge in [-0.2, -0.15) is 0 Å². The highest BCUT2D eigenvalue weighted by Crippen LogP contribution is 2.55. The van der Waals surface area contributed by atoms with Gasteiger partial charge in [0.15, 0.2) is 0 Å². The number of aromatic nitrogens is 1. The van der Waals surface area contributed by atoms with Crippen molar-refractivity contribution in [1.82, 2.24) is 4.98 Å². The van der Waals surface area contributed by atoms with Gasteiger partial charge in [-0.05, 0) is 80.8 Å². The lowest BCUT2D eigenvalue weighted by atomic mass is 9.58. The predicted molar refractivity (Wildman–Crippen MR) is 193 cm³/mol. The van der Waals surface area contributed by atoms with Crippen LogP contribution in [-0.2, 0) is 6.42 Å². The van der Waals surface area contributed by atoms with Gasteiger partial charge in [0.2, 0.25) is 0 Å². The Morgan fingerprint density at radius 1 is 0.773 bits per heavy atom. The lowest BCUT2D eigenvalue weighted by Gasteiger charge is -2.45. The number of H-pyrrole nitrogens is 1. The molecule has 3 aromatic rings. The molecule has 0 saturated heterocycles. The Hall–Kier alpha value is -3.58. The molecule has 1 heterocycles. The van der Waals surface area contributed by atoms with Crippen molar-refractivity contribution in [3.63, 3.8) is 0 Å². The third kappa shape index (κ3) is 4.26. The molecule has 0 radical (unpaired) electrons. The van der Waals surface area contributed by atoms with Gasteiger partial charge in [0.1, 0.15) is 0 Å². The molecule has 44 heavy (non-hydrogen) atoms. The first-order chi connectivity index (χ1) is 20.9. The molecule has 226 valence electrons. The van der Waals surface area contributed by atoms with E-state index in [0.29, 0.717) is 5.92 Å². The van der Waals surface area contributed by atoms with Crippen LogP contribution in [0.5, 0.6) is 0 Å². The summed E-state index contributed by atoms with van der Waals surface area (Å²) in [6, 6.07) is 9.51. The Bertz CT molecular complexity index is 1860. The van der Waals surface area contributed by atoms with Crippen molar-refractivity contribution in [3.8, 4) is 0 Å². The summed E-state index contributed by atoms with van der Waals surface area (Å²) in [6.45, 7) is 19.2. The summed E-state index contributed by atoms with van der Waals surface area (Å²) in [5.41, 5.74) is 12.6. The van der Waals surface area contributed by atoms with Gasteiger partial charge in [0.25, 0.3) is 0 Å². The zero-order chi connectivity index (χ0) is 31.1. The van der Waals surface area contributed by atoms with Crippen molar-refractivity contribution >= 4 is 46.7 Å². The van der Waals surface area contributed by atoms with Crippen LogP contribution in [0.1, 0.15) is 125 Å². The molecule has 1 N–H and O–H groups in total. The van der Waals surface area contributed by atoms with Crippen molar-refractivity contribution in [2.45, 2.75) is 87.0 Å². The minimum Gasteiger partial charge on any atom is -0.355 e. The summed E-state index contributed by atoms with van der Waals surface area (Å²) in [7, 11) is 0. The molecule has 4 aliphatic carbocycles. The molecule has 1 aromatic heterocycles. The van der Waals surface area contributed by atoms with Crippen LogP contribution >= 0.6 is 0 Å². The van der Waals surface area contributed by atoms with Crippen LogP contribution in [-0.4, -0.2) is 4.98 Å². The average Bonchev–Trinajstić information content (AvgIpc) is 3.14. The van der Waals surface area contributed by atoms with E-state index in [0.717, 1.165) is 25.7 Å². The fraction of sp³-hybridized carbons (Fsp3) is 0.395. The van der Waals surface area contributed by atoms with E-state index in [9.17, 15) is 0 Å². The number of nitrogens with one attached hydrogen (secondary N) is 1. The number of hydrogen-bond donors (Lipinski definition) is 1. The van der Waals surface area contributed by atoms with Gasteiger partial charge in [-0.3, -0.25) is 0 Å². The summed E-state index contributed by atoms with van der Waals surface area (Å²) in [5, 5.41) is 2.87. The fourth-order valence-electron chi connectivity index (χ4n) is 8.49. The lowest BCUT2D eigenvalue weighted by molar-refractivity contribution is 0.192. The van der Waals surface area contributed by atoms with Crippen molar-refractivity contribution < 1.29 is 0 Å². The van der Waals surface area contributed by atoms with Crippen molar-refractivity contribution in [2.24, 2.45) is 21.7 Å². The maximum Gasteiger partial charge on any atom is 0.0461 e. The molecule has 2 aromatic carbocycles. The Morgan fingerprint density at radius 3 is 2.16 bits per heavy atom. The molecule has 3 atom stereocenters. The van der Waals surface area contributed by atoms with E-state index in [1.165, 1.54) is 61.1 Å². The molecule has 0 fully saturated rings. The zero-order valence-electron chi connectivity index (χ0n) is 28.1. The van der Waals surface area contributed by atoms with Crippen LogP contribution in [0.4, 0.5) is 0 Å². The summed E-state index contributed by atoms with van der Waals surface area (Å²) in [6.07, 6.45) is 30.8. The standard InChI is InChI=1S/C43H49N/c1-9-40(3,4)39(34-19-17-30-15-14-28-12-11-13-29-16-18-33(34)38(30)37(28)29)42(7)24-20-31-32-21-26-43(8,41(5,6)10-2)27-23-36(32)44-35(31)22-25-42/h11-12,14-17,19-27,39,44H,9-10,13,18H2,1-8H3. The second kappa shape index (κ2) is 9.96. The van der Waals surface area contributed by atoms with E-state index in [1.807, 2.05) is 0 Å².